The van der Waals surface area contributed by atoms with Crippen LogP contribution in [0.5, 0.6) is 0 Å². The summed E-state index contributed by atoms with van der Waals surface area (Å²) in [6.45, 7) is 0. The summed E-state index contributed by atoms with van der Waals surface area (Å²) in [5.74, 6) is -1.22. The van der Waals surface area contributed by atoms with Crippen LogP contribution < -0.4 is 5.56 Å². The monoisotopic (exact) mass is 271 g/mol. The highest BCUT2D eigenvalue weighted by Crippen LogP contribution is 2.31. The predicted octanol–water partition coefficient (Wildman–Crippen LogP) is 2.95. The van der Waals surface area contributed by atoms with Crippen molar-refractivity contribution in [3.63, 3.8) is 0 Å². The molecule has 0 aliphatic rings. The predicted molar refractivity (Wildman–Crippen MR) is 74.8 cm³/mol. The third-order valence-electron chi connectivity index (χ3n) is 2.83. The first-order valence-electron chi connectivity index (χ1n) is 5.61. The van der Waals surface area contributed by atoms with Gasteiger partial charge in [-0.2, -0.15) is 0 Å². The number of nitrogens with one attached hydrogen (secondary N) is 1. The molecule has 2 heterocycles. The fourth-order valence-corrected chi connectivity index (χ4v) is 2.94. The summed E-state index contributed by atoms with van der Waals surface area (Å²) in [5.41, 5.74) is -0.191. The molecule has 0 aliphatic carbocycles. The number of hydrogen-bond acceptors (Lipinski definition) is 3. The van der Waals surface area contributed by atoms with E-state index in [9.17, 15) is 9.59 Å². The number of aromatic carboxylic acids is 1. The Morgan fingerprint density at radius 2 is 1.95 bits per heavy atom. The Morgan fingerprint density at radius 1 is 1.16 bits per heavy atom. The second kappa shape index (κ2) is 4.37. The van der Waals surface area contributed by atoms with Gasteiger partial charge in [-0.1, -0.05) is 18.2 Å². The zero-order chi connectivity index (χ0) is 13.4. The Labute approximate surface area is 112 Å². The molecule has 3 aromatic rings. The molecule has 94 valence electrons. The van der Waals surface area contributed by atoms with E-state index in [1.165, 1.54) is 6.07 Å². The fourth-order valence-electron chi connectivity index (χ4n) is 1.90. The summed E-state index contributed by atoms with van der Waals surface area (Å²) in [5, 5.41) is 9.93. The van der Waals surface area contributed by atoms with Crippen LogP contribution in [0.1, 0.15) is 10.4 Å². The second-order valence-corrected chi connectivity index (χ2v) is 5.15. The van der Waals surface area contributed by atoms with Crippen LogP contribution in [0.25, 0.3) is 20.7 Å². The van der Waals surface area contributed by atoms with E-state index in [1.54, 1.807) is 17.4 Å². The van der Waals surface area contributed by atoms with Crippen LogP contribution in [-0.4, -0.2) is 16.1 Å². The first-order chi connectivity index (χ1) is 9.15. The van der Waals surface area contributed by atoms with Gasteiger partial charge in [0.1, 0.15) is 5.56 Å². The molecule has 1 aromatic carbocycles. The second-order valence-electron chi connectivity index (χ2n) is 4.07. The zero-order valence-electron chi connectivity index (χ0n) is 9.71. The van der Waals surface area contributed by atoms with E-state index in [-0.39, 0.29) is 5.56 Å². The topological polar surface area (TPSA) is 70.2 Å². The van der Waals surface area contributed by atoms with Crippen molar-refractivity contribution in [1.29, 1.82) is 0 Å². The van der Waals surface area contributed by atoms with Gasteiger partial charge < -0.3 is 10.1 Å². The van der Waals surface area contributed by atoms with Crippen molar-refractivity contribution in [2.24, 2.45) is 0 Å². The van der Waals surface area contributed by atoms with E-state index >= 15 is 0 Å². The van der Waals surface area contributed by atoms with Crippen molar-refractivity contribution in [3.8, 4) is 10.6 Å². The molecule has 0 unspecified atom stereocenters. The lowest BCUT2D eigenvalue weighted by Crippen LogP contribution is -2.17. The highest BCUT2D eigenvalue weighted by molar-refractivity contribution is 7.22. The summed E-state index contributed by atoms with van der Waals surface area (Å²) < 4.78 is 1.13. The molecule has 0 amide bonds. The summed E-state index contributed by atoms with van der Waals surface area (Å²) in [7, 11) is 0. The standard InChI is InChI=1S/C14H9NO3S/c16-13-9(14(17)18)5-6-10(15-13)12-7-8-3-1-2-4-11(8)19-12/h1-7H,(H,15,16)(H,17,18). The van der Waals surface area contributed by atoms with E-state index in [4.69, 9.17) is 5.11 Å². The molecule has 4 nitrogen and oxygen atoms in total. The lowest BCUT2D eigenvalue weighted by atomic mass is 10.2. The number of rotatable bonds is 2. The molecule has 0 bridgehead atoms. The molecule has 0 spiro atoms. The van der Waals surface area contributed by atoms with E-state index in [2.05, 4.69) is 4.98 Å². The number of carbonyl (C=O) groups is 1. The molecular formula is C14H9NO3S. The molecule has 19 heavy (non-hydrogen) atoms. The lowest BCUT2D eigenvalue weighted by Gasteiger charge is -1.98. The Morgan fingerprint density at radius 3 is 2.63 bits per heavy atom. The summed E-state index contributed by atoms with van der Waals surface area (Å²) in [4.78, 5) is 26.0. The number of H-pyrrole nitrogens is 1. The number of carboxylic acid groups (broad SMARTS) is 1. The average Bonchev–Trinajstić information content (AvgIpc) is 2.81. The van der Waals surface area contributed by atoms with Gasteiger partial charge in [0.25, 0.3) is 5.56 Å². The van der Waals surface area contributed by atoms with Crippen molar-refractivity contribution in [3.05, 3.63) is 58.4 Å². The number of fused-ring (bicyclic) bond motifs is 1. The van der Waals surface area contributed by atoms with Gasteiger partial charge in [0, 0.05) is 4.70 Å². The van der Waals surface area contributed by atoms with Gasteiger partial charge in [0.05, 0.1) is 10.6 Å². The Kier molecular flexibility index (Phi) is 2.68. The number of carboxylic acids is 1. The van der Waals surface area contributed by atoms with Crippen LogP contribution >= 0.6 is 11.3 Å². The first-order valence-corrected chi connectivity index (χ1v) is 6.42. The fraction of sp³-hybridized carbons (Fsp3) is 0. The van der Waals surface area contributed by atoms with Crippen LogP contribution in [0.3, 0.4) is 0 Å². The maximum Gasteiger partial charge on any atom is 0.341 e. The van der Waals surface area contributed by atoms with Crippen molar-refractivity contribution in [2.45, 2.75) is 0 Å². The molecule has 0 saturated carbocycles. The van der Waals surface area contributed by atoms with E-state index in [1.807, 2.05) is 30.3 Å². The molecule has 0 radical (unpaired) electrons. The van der Waals surface area contributed by atoms with Gasteiger partial charge in [0.15, 0.2) is 0 Å². The van der Waals surface area contributed by atoms with Gasteiger partial charge in [-0.15, -0.1) is 11.3 Å². The molecule has 3 rings (SSSR count). The van der Waals surface area contributed by atoms with Crippen molar-refractivity contribution in [2.75, 3.05) is 0 Å². The Bertz CT molecular complexity index is 799. The minimum absolute atomic E-state index is 0.245. The first kappa shape index (κ1) is 11.7. The van der Waals surface area contributed by atoms with Gasteiger partial charge >= 0.3 is 5.97 Å². The molecular weight excluding hydrogens is 262 g/mol. The van der Waals surface area contributed by atoms with Crippen LogP contribution in [0.2, 0.25) is 0 Å². The number of thiophene rings is 1. The van der Waals surface area contributed by atoms with E-state index < -0.39 is 11.5 Å². The largest absolute Gasteiger partial charge is 0.477 e. The minimum Gasteiger partial charge on any atom is -0.477 e. The number of benzene rings is 1. The van der Waals surface area contributed by atoms with Gasteiger partial charge in [-0.3, -0.25) is 4.79 Å². The highest BCUT2D eigenvalue weighted by atomic mass is 32.1. The highest BCUT2D eigenvalue weighted by Gasteiger charge is 2.10. The normalized spacial score (nSPS) is 10.7. The lowest BCUT2D eigenvalue weighted by molar-refractivity contribution is 0.0695. The summed E-state index contributed by atoms with van der Waals surface area (Å²) in [6.07, 6.45) is 0. The third-order valence-corrected chi connectivity index (χ3v) is 3.98. The van der Waals surface area contributed by atoms with Gasteiger partial charge in [-0.25, -0.2) is 4.79 Å². The van der Waals surface area contributed by atoms with Crippen LogP contribution in [0.4, 0.5) is 0 Å². The maximum atomic E-state index is 11.6. The number of aromatic amines is 1. The van der Waals surface area contributed by atoms with Gasteiger partial charge in [0.2, 0.25) is 0 Å². The number of pyridine rings is 1. The van der Waals surface area contributed by atoms with Crippen LogP contribution in [0.15, 0.2) is 47.3 Å². The number of aromatic nitrogens is 1. The summed E-state index contributed by atoms with van der Waals surface area (Å²) in [6, 6.07) is 12.8. The molecule has 0 atom stereocenters. The molecule has 2 aromatic heterocycles. The van der Waals surface area contributed by atoms with Crippen molar-refractivity contribution in [1.82, 2.24) is 4.98 Å². The van der Waals surface area contributed by atoms with Crippen LogP contribution in [-0.2, 0) is 0 Å². The van der Waals surface area contributed by atoms with Gasteiger partial charge in [-0.05, 0) is 29.7 Å². The minimum atomic E-state index is -1.22. The Hall–Kier alpha value is -2.40. The van der Waals surface area contributed by atoms with E-state index in [0.29, 0.717) is 5.69 Å². The smallest absolute Gasteiger partial charge is 0.341 e. The summed E-state index contributed by atoms with van der Waals surface area (Å²) >= 11 is 1.56. The molecule has 2 N–H and O–H groups in total. The van der Waals surface area contributed by atoms with E-state index in [0.717, 1.165) is 15.0 Å². The van der Waals surface area contributed by atoms with Crippen molar-refractivity contribution < 1.29 is 9.90 Å². The SMILES string of the molecule is O=C(O)c1ccc(-c2cc3ccccc3s2)[nH]c1=O. The Balaban J connectivity index is 2.14. The zero-order valence-corrected chi connectivity index (χ0v) is 10.5. The van der Waals surface area contributed by atoms with Crippen molar-refractivity contribution >= 4 is 27.4 Å². The molecule has 5 heteroatoms. The number of hydrogen-bond donors (Lipinski definition) is 2. The molecule has 0 aliphatic heterocycles. The third kappa shape index (κ3) is 2.04. The van der Waals surface area contributed by atoms with Crippen LogP contribution in [0, 0.1) is 0 Å². The molecule has 0 saturated heterocycles. The molecule has 0 fully saturated rings. The average molecular weight is 271 g/mol. The maximum absolute atomic E-state index is 11.6. The quantitative estimate of drug-likeness (QED) is 0.752.